The number of aromatic nitrogens is 6. The van der Waals surface area contributed by atoms with Crippen molar-refractivity contribution in [2.75, 3.05) is 37.0 Å². The molecule has 3 N–H and O–H groups in total. The molecule has 11 nitrogen and oxygen atoms in total. The lowest BCUT2D eigenvalue weighted by Crippen LogP contribution is -2.45. The molecule has 0 aliphatic carbocycles. The Morgan fingerprint density at radius 3 is 2.71 bits per heavy atom. The fraction of sp³-hybridized carbons (Fsp3) is 0.346. The van der Waals surface area contributed by atoms with E-state index in [1.165, 1.54) is 11.3 Å². The number of nitrogens with zero attached hydrogens (tertiary/aromatic N) is 5. The second-order valence-electron chi connectivity index (χ2n) is 9.41. The summed E-state index contributed by atoms with van der Waals surface area (Å²) in [5.74, 6) is 1.84. The van der Waals surface area contributed by atoms with Crippen LogP contribution >= 0.6 is 11.3 Å². The monoisotopic (exact) mass is 532 g/mol. The minimum absolute atomic E-state index is 0.118. The van der Waals surface area contributed by atoms with Crippen molar-refractivity contribution < 1.29 is 9.47 Å². The van der Waals surface area contributed by atoms with Crippen LogP contribution in [0.25, 0.3) is 32.8 Å². The summed E-state index contributed by atoms with van der Waals surface area (Å²) in [4.78, 5) is 40.3. The maximum absolute atomic E-state index is 13.4. The van der Waals surface area contributed by atoms with Gasteiger partial charge in [0.25, 0.3) is 5.56 Å². The molecule has 196 valence electrons. The number of rotatable bonds is 7. The van der Waals surface area contributed by atoms with Gasteiger partial charge in [0.2, 0.25) is 0 Å². The Hall–Kier alpha value is -3.87. The Morgan fingerprint density at radius 2 is 1.95 bits per heavy atom. The van der Waals surface area contributed by atoms with Gasteiger partial charge in [-0.1, -0.05) is 0 Å². The predicted molar refractivity (Wildman–Crippen MR) is 148 cm³/mol. The number of aromatic amines is 2. The zero-order valence-electron chi connectivity index (χ0n) is 21.3. The molecule has 12 heteroatoms. The van der Waals surface area contributed by atoms with Gasteiger partial charge in [-0.3, -0.25) is 4.79 Å². The van der Waals surface area contributed by atoms with Gasteiger partial charge in [-0.25, -0.2) is 19.9 Å². The summed E-state index contributed by atoms with van der Waals surface area (Å²) >= 11 is 1.53. The van der Waals surface area contributed by atoms with Crippen molar-refractivity contribution in [2.24, 2.45) is 0 Å². The number of fused-ring (bicyclic) bond motifs is 2. The molecule has 0 aromatic carbocycles. The second-order valence-corrected chi connectivity index (χ2v) is 10.3. The summed E-state index contributed by atoms with van der Waals surface area (Å²) < 4.78 is 12.2. The average molecular weight is 533 g/mol. The van der Waals surface area contributed by atoms with Crippen LogP contribution in [-0.4, -0.2) is 68.9 Å². The number of anilines is 2. The van der Waals surface area contributed by atoms with Gasteiger partial charge in [0, 0.05) is 32.6 Å². The number of pyridine rings is 2. The summed E-state index contributed by atoms with van der Waals surface area (Å²) in [6, 6.07) is 7.16. The predicted octanol–water partition coefficient (Wildman–Crippen LogP) is 3.73. The van der Waals surface area contributed by atoms with Crippen molar-refractivity contribution in [3.8, 4) is 11.4 Å². The molecule has 5 aromatic heterocycles. The number of hydrogen-bond acceptors (Lipinski definition) is 10. The topological polar surface area (TPSA) is 134 Å². The van der Waals surface area contributed by atoms with Crippen LogP contribution in [0.15, 0.2) is 46.8 Å². The lowest BCUT2D eigenvalue weighted by atomic mass is 10.1. The third-order valence-electron chi connectivity index (χ3n) is 6.48. The number of H-pyrrole nitrogens is 2. The summed E-state index contributed by atoms with van der Waals surface area (Å²) in [5, 5.41) is 5.43. The highest BCUT2D eigenvalue weighted by Gasteiger charge is 2.25. The zero-order valence-corrected chi connectivity index (χ0v) is 22.1. The molecule has 38 heavy (non-hydrogen) atoms. The molecule has 0 amide bonds. The van der Waals surface area contributed by atoms with Crippen molar-refractivity contribution in [3.05, 3.63) is 58.2 Å². The number of morpholine rings is 1. The Labute approximate surface area is 222 Å². The summed E-state index contributed by atoms with van der Waals surface area (Å²) in [6.45, 7) is 5.96. The molecule has 6 rings (SSSR count). The lowest BCUT2D eigenvalue weighted by molar-refractivity contribution is -0.00544. The summed E-state index contributed by atoms with van der Waals surface area (Å²) in [7, 11) is 1.62. The third kappa shape index (κ3) is 4.62. The number of nitrogens with one attached hydrogen (secondary N) is 3. The van der Waals surface area contributed by atoms with E-state index >= 15 is 0 Å². The van der Waals surface area contributed by atoms with E-state index in [1.54, 1.807) is 25.6 Å². The van der Waals surface area contributed by atoms with Gasteiger partial charge in [0.05, 0.1) is 34.7 Å². The molecule has 3 unspecified atom stereocenters. The van der Waals surface area contributed by atoms with E-state index < -0.39 is 0 Å². The number of imidazole rings is 1. The van der Waals surface area contributed by atoms with Gasteiger partial charge < -0.3 is 29.7 Å². The molecular formula is C26H28N8O3S. The summed E-state index contributed by atoms with van der Waals surface area (Å²) in [6.07, 6.45) is 3.61. The van der Waals surface area contributed by atoms with E-state index in [0.717, 1.165) is 29.1 Å². The van der Waals surface area contributed by atoms with Crippen LogP contribution in [0.2, 0.25) is 0 Å². The van der Waals surface area contributed by atoms with E-state index in [0.29, 0.717) is 40.7 Å². The first-order valence-electron chi connectivity index (χ1n) is 12.4. The SMILES string of the molecule is COCC(Nc1c(-c2nc3ccc(N4CC(C)OC(C)C4)nc3[nH]2)c(=O)[nH]c2ccsc12)c1ncccn1. The highest BCUT2D eigenvalue weighted by molar-refractivity contribution is 7.17. The van der Waals surface area contributed by atoms with Crippen LogP contribution < -0.4 is 15.8 Å². The van der Waals surface area contributed by atoms with Gasteiger partial charge in [-0.2, -0.15) is 0 Å². The van der Waals surface area contributed by atoms with Gasteiger partial charge in [-0.05, 0) is 43.5 Å². The molecular weight excluding hydrogens is 504 g/mol. The van der Waals surface area contributed by atoms with Crippen LogP contribution in [0.5, 0.6) is 0 Å². The molecule has 1 fully saturated rings. The largest absolute Gasteiger partial charge is 0.382 e. The van der Waals surface area contributed by atoms with Crippen molar-refractivity contribution in [2.45, 2.75) is 32.1 Å². The van der Waals surface area contributed by atoms with Crippen LogP contribution in [0.4, 0.5) is 11.5 Å². The van der Waals surface area contributed by atoms with Crippen LogP contribution in [0.3, 0.4) is 0 Å². The van der Waals surface area contributed by atoms with E-state index in [9.17, 15) is 4.79 Å². The van der Waals surface area contributed by atoms with E-state index in [-0.39, 0.29) is 23.8 Å². The van der Waals surface area contributed by atoms with E-state index in [4.69, 9.17) is 19.4 Å². The Bertz CT molecular complexity index is 1620. The van der Waals surface area contributed by atoms with Gasteiger partial charge in [0.15, 0.2) is 11.5 Å². The fourth-order valence-corrected chi connectivity index (χ4v) is 5.80. The van der Waals surface area contributed by atoms with Crippen LogP contribution in [-0.2, 0) is 9.47 Å². The van der Waals surface area contributed by atoms with Crippen molar-refractivity contribution in [1.82, 2.24) is 29.9 Å². The Morgan fingerprint density at radius 1 is 1.16 bits per heavy atom. The maximum Gasteiger partial charge on any atom is 0.261 e. The van der Waals surface area contributed by atoms with Crippen molar-refractivity contribution >= 4 is 44.2 Å². The van der Waals surface area contributed by atoms with Gasteiger partial charge in [-0.15, -0.1) is 11.3 Å². The van der Waals surface area contributed by atoms with Crippen LogP contribution in [0.1, 0.15) is 25.7 Å². The normalized spacial score (nSPS) is 18.8. The first-order chi connectivity index (χ1) is 18.5. The Balaban J connectivity index is 1.44. The quantitative estimate of drug-likeness (QED) is 0.287. The minimum atomic E-state index is -0.383. The minimum Gasteiger partial charge on any atom is -0.382 e. The molecule has 6 heterocycles. The number of thiophene rings is 1. The standard InChI is InChI=1S/C26H28N8O3S/c1-14-11-34(12-15(2)37-14)19-6-5-17-24(32-19)33-25(30-17)20-21(22-16(7-10-38-22)31-26(20)35)29-18(13-36-3)23-27-8-4-9-28-23/h4-10,14-15,18H,11-13H2,1-3H3,(H2,29,31,35)(H,30,32,33). The van der Waals surface area contributed by atoms with E-state index in [1.807, 2.05) is 23.6 Å². The molecule has 1 aliphatic rings. The molecule has 1 saturated heterocycles. The fourth-order valence-electron chi connectivity index (χ4n) is 4.93. The zero-order chi connectivity index (χ0) is 26.2. The number of hydrogen-bond donors (Lipinski definition) is 3. The number of methoxy groups -OCH3 is 1. The van der Waals surface area contributed by atoms with Gasteiger partial charge in [0.1, 0.15) is 28.8 Å². The first-order valence-corrected chi connectivity index (χ1v) is 13.3. The molecule has 0 spiro atoms. The van der Waals surface area contributed by atoms with Crippen LogP contribution in [0, 0.1) is 0 Å². The molecule has 5 aromatic rings. The maximum atomic E-state index is 13.4. The third-order valence-corrected chi connectivity index (χ3v) is 7.41. The summed E-state index contributed by atoms with van der Waals surface area (Å²) in [5.41, 5.74) is 2.80. The molecule has 1 aliphatic heterocycles. The van der Waals surface area contributed by atoms with Crippen molar-refractivity contribution in [3.63, 3.8) is 0 Å². The lowest BCUT2D eigenvalue weighted by Gasteiger charge is -2.36. The smallest absolute Gasteiger partial charge is 0.261 e. The molecule has 0 bridgehead atoms. The van der Waals surface area contributed by atoms with Crippen molar-refractivity contribution in [1.29, 1.82) is 0 Å². The Kier molecular flexibility index (Phi) is 6.52. The van der Waals surface area contributed by atoms with E-state index in [2.05, 4.69) is 44.0 Å². The molecule has 0 saturated carbocycles. The molecule has 0 radical (unpaired) electrons. The number of ether oxygens (including phenoxy) is 2. The average Bonchev–Trinajstić information content (AvgIpc) is 3.54. The molecule has 3 atom stereocenters. The second kappa shape index (κ2) is 10.1. The van der Waals surface area contributed by atoms with Gasteiger partial charge >= 0.3 is 0 Å². The highest BCUT2D eigenvalue weighted by atomic mass is 32.1. The highest BCUT2D eigenvalue weighted by Crippen LogP contribution is 2.36. The first kappa shape index (κ1) is 24.5.